The Kier molecular flexibility index (Phi) is 9.85. The summed E-state index contributed by atoms with van der Waals surface area (Å²) in [4.78, 5) is 26.6. The van der Waals surface area contributed by atoms with Gasteiger partial charge in [-0.1, -0.05) is 17.7 Å². The van der Waals surface area contributed by atoms with Gasteiger partial charge >= 0.3 is 24.3 Å². The molecule has 0 unspecified atom stereocenters. The predicted molar refractivity (Wildman–Crippen MR) is 115 cm³/mol. The number of ether oxygens (including phenoxy) is 1. The van der Waals surface area contributed by atoms with Crippen molar-refractivity contribution in [2.45, 2.75) is 32.0 Å². The van der Waals surface area contributed by atoms with Crippen LogP contribution < -0.4 is 10.1 Å². The second-order valence-corrected chi connectivity index (χ2v) is 7.45. The fraction of sp³-hybridized carbons (Fsp3) is 0.238. The molecular weight excluding hydrogens is 538 g/mol. The molecule has 0 saturated carbocycles. The van der Waals surface area contributed by atoms with Crippen molar-refractivity contribution < 1.29 is 50.9 Å². The van der Waals surface area contributed by atoms with Gasteiger partial charge in [0.05, 0.1) is 10.7 Å². The summed E-state index contributed by atoms with van der Waals surface area (Å²) in [5, 5.41) is 18.2. The van der Waals surface area contributed by atoms with Crippen LogP contribution in [0.1, 0.15) is 16.8 Å². The van der Waals surface area contributed by atoms with E-state index in [2.05, 4.69) is 27.7 Å². The third kappa shape index (κ3) is 9.61. The molecule has 3 N–H and O–H groups in total. The lowest BCUT2D eigenvalue weighted by Gasteiger charge is -2.08. The van der Waals surface area contributed by atoms with E-state index in [1.165, 1.54) is 11.1 Å². The molecule has 3 aromatic heterocycles. The minimum atomic E-state index is -5.08. The first kappa shape index (κ1) is 29.4. The Labute approximate surface area is 209 Å². The fourth-order valence-corrected chi connectivity index (χ4v) is 2.70. The average molecular weight is 555 g/mol. The number of nitrogens with zero attached hydrogens (tertiary/aromatic N) is 3. The van der Waals surface area contributed by atoms with Gasteiger partial charge in [-0.2, -0.15) is 31.3 Å². The first-order chi connectivity index (χ1) is 17.2. The summed E-state index contributed by atoms with van der Waals surface area (Å²) in [5.74, 6) is -4.09. The van der Waals surface area contributed by atoms with Gasteiger partial charge in [0.2, 0.25) is 5.88 Å². The maximum atomic E-state index is 10.6. The topological polar surface area (TPSA) is 127 Å². The Morgan fingerprint density at radius 2 is 1.51 bits per heavy atom. The second kappa shape index (κ2) is 12.4. The van der Waals surface area contributed by atoms with Crippen LogP contribution in [0.4, 0.5) is 26.3 Å². The molecule has 0 radical (unpaired) electrons. The number of hydrogen-bond donors (Lipinski definition) is 3. The van der Waals surface area contributed by atoms with E-state index in [9.17, 15) is 26.3 Å². The summed E-state index contributed by atoms with van der Waals surface area (Å²) >= 11 is 5.83. The van der Waals surface area contributed by atoms with Crippen molar-refractivity contribution in [3.63, 3.8) is 0 Å². The summed E-state index contributed by atoms with van der Waals surface area (Å²) < 4.78 is 71.2. The Balaban J connectivity index is 0.000000286. The number of aromatic nitrogens is 3. The molecule has 200 valence electrons. The normalized spacial score (nSPS) is 12.4. The average Bonchev–Trinajstić information content (AvgIpc) is 3.41. The molecule has 37 heavy (non-hydrogen) atoms. The van der Waals surface area contributed by atoms with Crippen molar-refractivity contribution >= 4 is 23.5 Å². The highest BCUT2D eigenvalue weighted by molar-refractivity contribution is 6.30. The van der Waals surface area contributed by atoms with E-state index in [1.54, 1.807) is 12.3 Å². The molecule has 0 saturated heterocycles. The van der Waals surface area contributed by atoms with Gasteiger partial charge in [0.1, 0.15) is 12.4 Å². The molecule has 0 bridgehead atoms. The molecule has 1 aliphatic rings. The quantitative estimate of drug-likeness (QED) is 0.406. The SMILES string of the molecule is Clc1ccc(COc2cccc(-n3cc4c(c3)CNC4)n2)nc1.O=C(O)C(F)(F)F.O=C(O)C(F)(F)F. The molecule has 0 aliphatic carbocycles. The van der Waals surface area contributed by atoms with Gasteiger partial charge in [0.25, 0.3) is 0 Å². The van der Waals surface area contributed by atoms with Crippen molar-refractivity contribution in [2.75, 3.05) is 0 Å². The van der Waals surface area contributed by atoms with Crippen molar-refractivity contribution in [1.82, 2.24) is 19.9 Å². The molecule has 16 heteroatoms. The van der Waals surface area contributed by atoms with E-state index in [0.29, 0.717) is 17.5 Å². The zero-order valence-corrected chi connectivity index (χ0v) is 19.1. The van der Waals surface area contributed by atoms with Crippen LogP contribution in [0.5, 0.6) is 5.88 Å². The molecule has 1 aliphatic heterocycles. The third-order valence-electron chi connectivity index (χ3n) is 4.25. The maximum absolute atomic E-state index is 10.6. The van der Waals surface area contributed by atoms with Crippen LogP contribution in [0, 0.1) is 0 Å². The number of rotatable bonds is 4. The molecule has 4 heterocycles. The highest BCUT2D eigenvalue weighted by atomic mass is 35.5. The molecule has 4 rings (SSSR count). The van der Waals surface area contributed by atoms with E-state index in [4.69, 9.17) is 36.1 Å². The highest BCUT2D eigenvalue weighted by Gasteiger charge is 2.38. The van der Waals surface area contributed by atoms with Crippen LogP contribution >= 0.6 is 11.6 Å². The van der Waals surface area contributed by atoms with Crippen LogP contribution in [0.25, 0.3) is 5.82 Å². The number of carbonyl (C=O) groups is 2. The fourth-order valence-electron chi connectivity index (χ4n) is 2.59. The van der Waals surface area contributed by atoms with Crippen LogP contribution in [0.3, 0.4) is 0 Å². The lowest BCUT2D eigenvalue weighted by molar-refractivity contribution is -0.193. The molecule has 0 atom stereocenters. The van der Waals surface area contributed by atoms with Crippen molar-refractivity contribution in [1.29, 1.82) is 0 Å². The Morgan fingerprint density at radius 3 is 1.97 bits per heavy atom. The van der Waals surface area contributed by atoms with Crippen molar-refractivity contribution in [2.24, 2.45) is 0 Å². The predicted octanol–water partition coefficient (Wildman–Crippen LogP) is 4.37. The zero-order chi connectivity index (χ0) is 27.8. The summed E-state index contributed by atoms with van der Waals surface area (Å²) in [5.41, 5.74) is 3.46. The van der Waals surface area contributed by atoms with E-state index in [1.807, 2.05) is 28.8 Å². The van der Waals surface area contributed by atoms with E-state index in [0.717, 1.165) is 24.6 Å². The van der Waals surface area contributed by atoms with Gasteiger partial charge in [0.15, 0.2) is 0 Å². The number of alkyl halides is 6. The molecule has 3 aromatic rings. The zero-order valence-electron chi connectivity index (χ0n) is 18.3. The molecular formula is C21H17ClF6N4O5. The Morgan fingerprint density at radius 1 is 0.973 bits per heavy atom. The van der Waals surface area contributed by atoms with Gasteiger partial charge in [-0.15, -0.1) is 0 Å². The van der Waals surface area contributed by atoms with Crippen LogP contribution in [-0.4, -0.2) is 49.0 Å². The largest absolute Gasteiger partial charge is 0.490 e. The lowest BCUT2D eigenvalue weighted by Crippen LogP contribution is -2.21. The van der Waals surface area contributed by atoms with Crippen molar-refractivity contribution in [3.8, 4) is 11.7 Å². The number of hydrogen-bond acceptors (Lipinski definition) is 6. The van der Waals surface area contributed by atoms with Crippen LogP contribution in [0.15, 0.2) is 48.9 Å². The van der Waals surface area contributed by atoms with Crippen LogP contribution in [-0.2, 0) is 29.3 Å². The van der Waals surface area contributed by atoms with E-state index >= 15 is 0 Å². The van der Waals surface area contributed by atoms with Gasteiger partial charge in [0, 0.05) is 37.7 Å². The van der Waals surface area contributed by atoms with Gasteiger partial charge in [-0.3, -0.25) is 4.98 Å². The minimum absolute atomic E-state index is 0.361. The highest BCUT2D eigenvalue weighted by Crippen LogP contribution is 2.20. The van der Waals surface area contributed by atoms with Gasteiger partial charge in [-0.25, -0.2) is 9.59 Å². The second-order valence-electron chi connectivity index (χ2n) is 7.02. The minimum Gasteiger partial charge on any atom is -0.475 e. The summed E-state index contributed by atoms with van der Waals surface area (Å²) in [6, 6.07) is 9.40. The number of fused-ring (bicyclic) bond motifs is 1. The number of pyridine rings is 2. The third-order valence-corrected chi connectivity index (χ3v) is 4.47. The number of aliphatic carboxylic acids is 2. The number of carboxylic acid groups (broad SMARTS) is 2. The molecule has 0 amide bonds. The van der Waals surface area contributed by atoms with Gasteiger partial charge in [-0.05, 0) is 29.3 Å². The summed E-state index contributed by atoms with van der Waals surface area (Å²) in [7, 11) is 0. The van der Waals surface area contributed by atoms with E-state index < -0.39 is 24.3 Å². The Bertz CT molecular complexity index is 1170. The van der Waals surface area contributed by atoms with E-state index in [-0.39, 0.29) is 0 Å². The number of nitrogens with one attached hydrogen (secondary N) is 1. The molecule has 9 nitrogen and oxygen atoms in total. The standard InChI is InChI=1S/C17H15ClN4O.2C2HF3O2/c18-14-4-5-15(20-8-14)11-23-17-3-1-2-16(21-17)22-9-12-6-19-7-13(12)10-22;2*3-2(4,5)1(6)7/h1-5,8-10,19H,6-7,11H2;2*(H,6,7). The lowest BCUT2D eigenvalue weighted by atomic mass is 10.2. The molecule has 0 fully saturated rings. The Hall–Kier alpha value is -3.85. The maximum Gasteiger partial charge on any atom is 0.490 e. The molecule has 0 aromatic carbocycles. The monoisotopic (exact) mass is 554 g/mol. The number of carboxylic acids is 2. The summed E-state index contributed by atoms with van der Waals surface area (Å²) in [6.45, 7) is 2.20. The van der Waals surface area contributed by atoms with Crippen molar-refractivity contribution in [3.05, 3.63) is 70.8 Å². The number of halogens is 7. The first-order valence-corrected chi connectivity index (χ1v) is 10.3. The first-order valence-electron chi connectivity index (χ1n) is 9.88. The van der Waals surface area contributed by atoms with Crippen LogP contribution in [0.2, 0.25) is 5.02 Å². The summed E-state index contributed by atoms with van der Waals surface area (Å²) in [6.07, 6.45) is -4.33. The smallest absolute Gasteiger partial charge is 0.475 e. The van der Waals surface area contributed by atoms with Gasteiger partial charge < -0.3 is 24.8 Å². The molecule has 0 spiro atoms.